The Morgan fingerprint density at radius 3 is 2.64 bits per heavy atom. The molecule has 1 atom stereocenters. The fraction of sp³-hybridized carbons (Fsp3) is 0.381. The molecule has 2 fully saturated rings. The van der Waals surface area contributed by atoms with Crippen LogP contribution in [0.25, 0.3) is 0 Å². The first-order chi connectivity index (χ1) is 13.6. The Morgan fingerprint density at radius 1 is 1.18 bits per heavy atom. The minimum absolute atomic E-state index is 0.0486. The molecule has 0 spiro atoms. The van der Waals surface area contributed by atoms with Crippen molar-refractivity contribution in [3.63, 3.8) is 0 Å². The van der Waals surface area contributed by atoms with Gasteiger partial charge in [-0.3, -0.25) is 14.6 Å². The zero-order chi connectivity index (χ0) is 19.5. The zero-order valence-electron chi connectivity index (χ0n) is 15.6. The molecule has 0 saturated carbocycles. The van der Waals surface area contributed by atoms with E-state index in [9.17, 15) is 14.0 Å². The van der Waals surface area contributed by atoms with Crippen LogP contribution in [0.2, 0.25) is 0 Å². The topological polar surface area (TPSA) is 65.5 Å². The molecule has 0 aliphatic carbocycles. The van der Waals surface area contributed by atoms with Gasteiger partial charge in [0.05, 0.1) is 11.6 Å². The Morgan fingerprint density at radius 2 is 1.93 bits per heavy atom. The van der Waals surface area contributed by atoms with Gasteiger partial charge in [0, 0.05) is 50.7 Å². The minimum atomic E-state index is -0.435. The van der Waals surface area contributed by atoms with Crippen molar-refractivity contribution in [1.82, 2.24) is 9.88 Å². The molecule has 146 valence electrons. The van der Waals surface area contributed by atoms with Crippen LogP contribution in [0.4, 0.5) is 15.8 Å². The van der Waals surface area contributed by atoms with Gasteiger partial charge in [0.25, 0.3) is 0 Å². The van der Waals surface area contributed by atoms with Crippen LogP contribution >= 0.6 is 0 Å². The monoisotopic (exact) mass is 382 g/mol. The smallest absolute Gasteiger partial charge is 0.229 e. The van der Waals surface area contributed by atoms with Gasteiger partial charge < -0.3 is 15.1 Å². The average molecular weight is 382 g/mol. The third-order valence-corrected chi connectivity index (χ3v) is 5.37. The van der Waals surface area contributed by atoms with Crippen molar-refractivity contribution < 1.29 is 14.0 Å². The van der Waals surface area contributed by atoms with E-state index in [1.165, 1.54) is 6.07 Å². The molecule has 4 rings (SSSR count). The van der Waals surface area contributed by atoms with E-state index < -0.39 is 5.92 Å². The summed E-state index contributed by atoms with van der Waals surface area (Å²) in [4.78, 5) is 32.5. The molecule has 6 nitrogen and oxygen atoms in total. The van der Waals surface area contributed by atoms with Crippen LogP contribution in [-0.4, -0.2) is 41.3 Å². The number of hydrogen-bond acceptors (Lipinski definition) is 4. The first kappa shape index (κ1) is 18.4. The predicted octanol–water partition coefficient (Wildman–Crippen LogP) is 2.81. The van der Waals surface area contributed by atoms with Gasteiger partial charge in [0.15, 0.2) is 0 Å². The van der Waals surface area contributed by atoms with Crippen LogP contribution in [0, 0.1) is 11.7 Å². The highest BCUT2D eigenvalue weighted by Crippen LogP contribution is 2.27. The van der Waals surface area contributed by atoms with Crippen LogP contribution in [-0.2, 0) is 16.1 Å². The fourth-order valence-corrected chi connectivity index (χ4v) is 3.85. The second kappa shape index (κ2) is 7.96. The van der Waals surface area contributed by atoms with Crippen molar-refractivity contribution >= 4 is 23.2 Å². The summed E-state index contributed by atoms with van der Waals surface area (Å²) in [5, 5.41) is 2.76. The molecule has 2 amide bonds. The zero-order valence-corrected chi connectivity index (χ0v) is 15.6. The summed E-state index contributed by atoms with van der Waals surface area (Å²) < 4.78 is 14.4. The number of carbonyl (C=O) groups is 2. The molecule has 2 aliphatic heterocycles. The van der Waals surface area contributed by atoms with E-state index in [2.05, 4.69) is 10.3 Å². The largest absolute Gasteiger partial charge is 0.369 e. The molecule has 1 N–H and O–H groups in total. The van der Waals surface area contributed by atoms with Gasteiger partial charge in [-0.25, -0.2) is 4.39 Å². The Bertz CT molecular complexity index is 868. The van der Waals surface area contributed by atoms with Crippen LogP contribution in [0.15, 0.2) is 42.7 Å². The van der Waals surface area contributed by atoms with Gasteiger partial charge in [0.2, 0.25) is 11.8 Å². The lowest BCUT2D eigenvalue weighted by molar-refractivity contribution is -0.128. The number of hydrogen-bond donors (Lipinski definition) is 1. The number of anilines is 2. The molecule has 1 aromatic heterocycles. The van der Waals surface area contributed by atoms with E-state index >= 15 is 0 Å². The van der Waals surface area contributed by atoms with Gasteiger partial charge >= 0.3 is 0 Å². The van der Waals surface area contributed by atoms with Crippen molar-refractivity contribution in [3.05, 3.63) is 54.1 Å². The van der Waals surface area contributed by atoms with Gasteiger partial charge in [-0.05, 0) is 48.7 Å². The minimum Gasteiger partial charge on any atom is -0.369 e. The maximum Gasteiger partial charge on any atom is 0.229 e. The lowest BCUT2D eigenvalue weighted by atomic mass is 10.1. The van der Waals surface area contributed by atoms with E-state index in [1.54, 1.807) is 29.4 Å². The lowest BCUT2D eigenvalue weighted by Crippen LogP contribution is -2.28. The number of aromatic nitrogens is 1. The lowest BCUT2D eigenvalue weighted by Gasteiger charge is -2.19. The van der Waals surface area contributed by atoms with E-state index in [1.807, 2.05) is 17.0 Å². The third kappa shape index (κ3) is 3.98. The summed E-state index contributed by atoms with van der Waals surface area (Å²) in [5.41, 5.74) is 1.98. The number of halogens is 1. The van der Waals surface area contributed by atoms with Gasteiger partial charge in [-0.2, -0.15) is 0 Å². The van der Waals surface area contributed by atoms with Crippen LogP contribution in [0.5, 0.6) is 0 Å². The van der Waals surface area contributed by atoms with Crippen molar-refractivity contribution in [3.8, 4) is 0 Å². The summed E-state index contributed by atoms with van der Waals surface area (Å²) in [7, 11) is 0. The molecule has 0 bridgehead atoms. The van der Waals surface area contributed by atoms with Crippen molar-refractivity contribution in [2.24, 2.45) is 5.92 Å². The number of likely N-dealkylation sites (tertiary alicyclic amines) is 1. The normalized spacial score (nSPS) is 19.3. The summed E-state index contributed by atoms with van der Waals surface area (Å²) >= 11 is 0. The highest BCUT2D eigenvalue weighted by molar-refractivity contribution is 5.97. The summed E-state index contributed by atoms with van der Waals surface area (Å²) in [5.74, 6) is -1.07. The van der Waals surface area contributed by atoms with Crippen LogP contribution in [0.3, 0.4) is 0 Å². The molecule has 1 aromatic carbocycles. The number of amides is 2. The Hall–Kier alpha value is -2.96. The Labute approximate surface area is 163 Å². The van der Waals surface area contributed by atoms with Gasteiger partial charge in [0.1, 0.15) is 5.82 Å². The second-order valence-corrected chi connectivity index (χ2v) is 7.38. The number of carbonyl (C=O) groups excluding carboxylic acids is 2. The van der Waals surface area contributed by atoms with Crippen LogP contribution in [0.1, 0.15) is 24.8 Å². The predicted molar refractivity (Wildman–Crippen MR) is 104 cm³/mol. The Balaban J connectivity index is 1.37. The van der Waals surface area contributed by atoms with E-state index in [-0.39, 0.29) is 24.1 Å². The summed E-state index contributed by atoms with van der Waals surface area (Å²) in [6, 6.07) is 8.50. The van der Waals surface area contributed by atoms with Crippen molar-refractivity contribution in [1.29, 1.82) is 0 Å². The molecule has 2 aliphatic rings. The van der Waals surface area contributed by atoms with E-state index in [0.29, 0.717) is 24.5 Å². The molecule has 1 unspecified atom stereocenters. The van der Waals surface area contributed by atoms with E-state index in [4.69, 9.17) is 0 Å². The van der Waals surface area contributed by atoms with Gasteiger partial charge in [-0.15, -0.1) is 0 Å². The molecular weight excluding hydrogens is 359 g/mol. The molecular formula is C21H23FN4O2. The standard InChI is InChI=1S/C21H23FN4O2/c22-18-12-17(3-4-19(18)25-9-1-2-10-25)24-21(28)16-11-20(27)26(14-16)13-15-5-7-23-8-6-15/h3-8,12,16H,1-2,9-11,13-14H2,(H,24,28). The quantitative estimate of drug-likeness (QED) is 0.864. The molecule has 28 heavy (non-hydrogen) atoms. The fourth-order valence-electron chi connectivity index (χ4n) is 3.85. The first-order valence-electron chi connectivity index (χ1n) is 9.62. The van der Waals surface area contributed by atoms with E-state index in [0.717, 1.165) is 31.5 Å². The molecule has 2 aromatic rings. The average Bonchev–Trinajstić information content (AvgIpc) is 3.33. The maximum atomic E-state index is 14.4. The molecule has 3 heterocycles. The van der Waals surface area contributed by atoms with Crippen molar-refractivity contribution in [2.45, 2.75) is 25.8 Å². The number of pyridine rings is 1. The first-order valence-corrected chi connectivity index (χ1v) is 9.62. The second-order valence-electron chi connectivity index (χ2n) is 7.38. The molecule has 7 heteroatoms. The van der Waals surface area contributed by atoms with Crippen molar-refractivity contribution in [2.75, 3.05) is 29.9 Å². The SMILES string of the molecule is O=C(Nc1ccc(N2CCCC2)c(F)c1)C1CC(=O)N(Cc2ccncc2)C1. The summed E-state index contributed by atoms with van der Waals surface area (Å²) in [6.07, 6.45) is 5.68. The number of rotatable bonds is 5. The highest BCUT2D eigenvalue weighted by Gasteiger charge is 2.34. The number of nitrogens with one attached hydrogen (secondary N) is 1. The van der Waals surface area contributed by atoms with Gasteiger partial charge in [-0.1, -0.05) is 0 Å². The third-order valence-electron chi connectivity index (χ3n) is 5.37. The van der Waals surface area contributed by atoms with Crippen LogP contribution < -0.4 is 10.2 Å². The molecule has 0 radical (unpaired) electrons. The Kier molecular flexibility index (Phi) is 5.23. The maximum absolute atomic E-state index is 14.4. The summed E-state index contributed by atoms with van der Waals surface area (Å²) in [6.45, 7) is 2.55. The number of benzene rings is 1. The number of nitrogens with zero attached hydrogens (tertiary/aromatic N) is 3. The highest BCUT2D eigenvalue weighted by atomic mass is 19.1. The molecule has 2 saturated heterocycles.